The highest BCUT2D eigenvalue weighted by Crippen LogP contribution is 2.27. The summed E-state index contributed by atoms with van der Waals surface area (Å²) in [6.07, 6.45) is 6.37. The van der Waals surface area contributed by atoms with Crippen molar-refractivity contribution in [2.75, 3.05) is 13.1 Å². The molecule has 1 saturated heterocycles. The number of carbonyl (C=O) groups is 1. The Balaban J connectivity index is 1.14. The summed E-state index contributed by atoms with van der Waals surface area (Å²) in [5.41, 5.74) is 3.56. The molecule has 1 N–H and O–H groups in total. The second kappa shape index (κ2) is 8.91. The first-order chi connectivity index (χ1) is 15.3. The second-order valence-electron chi connectivity index (χ2n) is 7.99. The van der Waals surface area contributed by atoms with E-state index in [0.717, 1.165) is 49.4 Å². The molecule has 9 nitrogen and oxygen atoms in total. The van der Waals surface area contributed by atoms with Gasteiger partial charge in [0.1, 0.15) is 17.5 Å². The average Bonchev–Trinajstić information content (AvgIpc) is 3.23. The van der Waals surface area contributed by atoms with Crippen LogP contribution in [0.5, 0.6) is 0 Å². The Bertz CT molecular complexity index is 1020. The maximum atomic E-state index is 12.3. The van der Waals surface area contributed by atoms with Crippen LogP contribution in [-0.2, 0) is 24.4 Å². The Hall–Kier alpha value is -3.17. The Morgan fingerprint density at radius 1 is 1.16 bits per heavy atom. The number of rotatable bonds is 5. The van der Waals surface area contributed by atoms with Crippen LogP contribution in [-0.4, -0.2) is 54.9 Å². The molecular weight excluding hydrogens is 394 g/mol. The van der Waals surface area contributed by atoms with E-state index in [1.165, 1.54) is 12.4 Å². The standard InChI is InChI=1S/C22H25N7O2/c30-22(18-12-23-8-9-24-18)25-17-6-10-28(11-7-17)13-19-20-15-31-21(14-29(20)27-26-19)16-4-2-1-3-5-16/h1-5,8-9,12,17,21H,6-7,10-11,13-15H2,(H,25,30)/t21-/m0/s1. The number of likely N-dealkylation sites (tertiary alicyclic amines) is 1. The molecule has 0 aliphatic carbocycles. The monoisotopic (exact) mass is 419 g/mol. The lowest BCUT2D eigenvalue weighted by Crippen LogP contribution is -2.44. The number of piperidine rings is 1. The van der Waals surface area contributed by atoms with E-state index in [1.807, 2.05) is 22.9 Å². The Morgan fingerprint density at radius 2 is 2.00 bits per heavy atom. The van der Waals surface area contributed by atoms with E-state index < -0.39 is 0 Å². The minimum atomic E-state index is -0.163. The number of fused-ring (bicyclic) bond motifs is 1. The van der Waals surface area contributed by atoms with Gasteiger partial charge >= 0.3 is 0 Å². The van der Waals surface area contributed by atoms with Crippen molar-refractivity contribution in [3.05, 3.63) is 71.6 Å². The minimum absolute atomic E-state index is 0.0110. The van der Waals surface area contributed by atoms with Gasteiger partial charge < -0.3 is 10.1 Å². The molecule has 0 bridgehead atoms. The minimum Gasteiger partial charge on any atom is -0.365 e. The molecule has 1 amide bonds. The van der Waals surface area contributed by atoms with E-state index >= 15 is 0 Å². The van der Waals surface area contributed by atoms with Crippen LogP contribution in [0.2, 0.25) is 0 Å². The molecular formula is C22H25N7O2. The summed E-state index contributed by atoms with van der Waals surface area (Å²) >= 11 is 0. The largest absolute Gasteiger partial charge is 0.365 e. The van der Waals surface area contributed by atoms with Crippen molar-refractivity contribution in [2.24, 2.45) is 0 Å². The van der Waals surface area contributed by atoms with Gasteiger partial charge in [0.2, 0.25) is 0 Å². The Labute approximate surface area is 180 Å². The number of benzene rings is 1. The van der Waals surface area contributed by atoms with Crippen molar-refractivity contribution in [3.63, 3.8) is 0 Å². The molecule has 0 radical (unpaired) electrons. The van der Waals surface area contributed by atoms with Crippen LogP contribution in [0.25, 0.3) is 0 Å². The van der Waals surface area contributed by atoms with Gasteiger partial charge in [-0.25, -0.2) is 9.67 Å². The normalized spacial score (nSPS) is 19.7. The van der Waals surface area contributed by atoms with Gasteiger partial charge in [-0.2, -0.15) is 0 Å². The molecule has 9 heteroatoms. The highest BCUT2D eigenvalue weighted by Gasteiger charge is 2.27. The third-order valence-electron chi connectivity index (χ3n) is 5.94. The van der Waals surface area contributed by atoms with Crippen LogP contribution in [0.15, 0.2) is 48.9 Å². The second-order valence-corrected chi connectivity index (χ2v) is 7.99. The number of hydrogen-bond acceptors (Lipinski definition) is 7. The summed E-state index contributed by atoms with van der Waals surface area (Å²) in [6, 6.07) is 10.4. The molecule has 0 unspecified atom stereocenters. The van der Waals surface area contributed by atoms with E-state index in [9.17, 15) is 4.79 Å². The maximum absolute atomic E-state index is 12.3. The highest BCUT2D eigenvalue weighted by molar-refractivity contribution is 5.92. The van der Waals surface area contributed by atoms with Gasteiger partial charge in [0.05, 0.1) is 25.0 Å². The fourth-order valence-electron chi connectivity index (χ4n) is 4.18. The molecule has 2 aliphatic heterocycles. The van der Waals surface area contributed by atoms with Gasteiger partial charge in [-0.3, -0.25) is 14.7 Å². The molecule has 2 aromatic heterocycles. The molecule has 0 saturated carbocycles. The number of aromatic nitrogens is 5. The predicted molar refractivity (Wildman–Crippen MR) is 112 cm³/mol. The zero-order valence-electron chi connectivity index (χ0n) is 17.2. The summed E-state index contributed by atoms with van der Waals surface area (Å²) in [5.74, 6) is -0.163. The lowest BCUT2D eigenvalue weighted by Gasteiger charge is -2.32. The van der Waals surface area contributed by atoms with Gasteiger partial charge in [0, 0.05) is 38.1 Å². The molecule has 3 aromatic rings. The van der Waals surface area contributed by atoms with E-state index in [4.69, 9.17) is 4.74 Å². The molecule has 0 spiro atoms. The first kappa shape index (κ1) is 19.8. The number of carbonyl (C=O) groups excluding carboxylic acids is 1. The average molecular weight is 419 g/mol. The van der Waals surface area contributed by atoms with Crippen LogP contribution in [0.4, 0.5) is 0 Å². The van der Waals surface area contributed by atoms with Crippen molar-refractivity contribution >= 4 is 5.91 Å². The van der Waals surface area contributed by atoms with Crippen molar-refractivity contribution in [1.29, 1.82) is 0 Å². The number of nitrogens with one attached hydrogen (secondary N) is 1. The zero-order chi connectivity index (χ0) is 21.0. The topological polar surface area (TPSA) is 98.1 Å². The van der Waals surface area contributed by atoms with Gasteiger partial charge in [-0.1, -0.05) is 35.5 Å². The number of ether oxygens (including phenoxy) is 1. The van der Waals surface area contributed by atoms with Gasteiger partial charge in [0.25, 0.3) is 5.91 Å². The van der Waals surface area contributed by atoms with Gasteiger partial charge in [0.15, 0.2) is 0 Å². The third kappa shape index (κ3) is 4.47. The zero-order valence-corrected chi connectivity index (χ0v) is 17.2. The molecule has 2 aliphatic rings. The first-order valence-electron chi connectivity index (χ1n) is 10.6. The summed E-state index contributed by atoms with van der Waals surface area (Å²) in [7, 11) is 0. The molecule has 1 fully saturated rings. The molecule has 1 aromatic carbocycles. The fraction of sp³-hybridized carbons (Fsp3) is 0.409. The van der Waals surface area contributed by atoms with Crippen LogP contribution in [0.3, 0.4) is 0 Å². The summed E-state index contributed by atoms with van der Waals surface area (Å²) in [4.78, 5) is 22.7. The van der Waals surface area contributed by atoms with Crippen LogP contribution in [0.1, 0.15) is 46.4 Å². The molecule has 1 atom stereocenters. The van der Waals surface area contributed by atoms with Crippen LogP contribution in [0, 0.1) is 0 Å². The molecule has 160 valence electrons. The molecule has 5 rings (SSSR count). The predicted octanol–water partition coefficient (Wildman–Crippen LogP) is 1.73. The van der Waals surface area contributed by atoms with Gasteiger partial charge in [-0.05, 0) is 18.4 Å². The molecule has 4 heterocycles. The lowest BCUT2D eigenvalue weighted by atomic mass is 10.0. The lowest BCUT2D eigenvalue weighted by molar-refractivity contribution is -0.00216. The maximum Gasteiger partial charge on any atom is 0.271 e. The van der Waals surface area contributed by atoms with Crippen LogP contribution >= 0.6 is 0 Å². The quantitative estimate of drug-likeness (QED) is 0.673. The smallest absolute Gasteiger partial charge is 0.271 e. The Kier molecular flexibility index (Phi) is 5.68. The number of nitrogens with zero attached hydrogens (tertiary/aromatic N) is 6. The van der Waals surface area contributed by atoms with Crippen molar-refractivity contribution < 1.29 is 9.53 Å². The summed E-state index contributed by atoms with van der Waals surface area (Å²) < 4.78 is 8.08. The van der Waals surface area contributed by atoms with Crippen molar-refractivity contribution in [2.45, 2.75) is 44.7 Å². The number of hydrogen-bond donors (Lipinski definition) is 1. The SMILES string of the molecule is O=C(NC1CCN(Cc2nnn3c2CO[C@H](c2ccccc2)C3)CC1)c1cnccn1. The summed E-state index contributed by atoms with van der Waals surface area (Å²) in [6.45, 7) is 3.74. The first-order valence-corrected chi connectivity index (χ1v) is 10.6. The summed E-state index contributed by atoms with van der Waals surface area (Å²) in [5, 5.41) is 11.9. The Morgan fingerprint density at radius 3 is 2.77 bits per heavy atom. The third-order valence-corrected chi connectivity index (χ3v) is 5.94. The molecule has 31 heavy (non-hydrogen) atoms. The fourth-order valence-corrected chi connectivity index (χ4v) is 4.18. The van der Waals surface area contributed by atoms with Crippen LogP contribution < -0.4 is 5.32 Å². The van der Waals surface area contributed by atoms with Crippen molar-refractivity contribution in [3.8, 4) is 0 Å². The van der Waals surface area contributed by atoms with E-state index in [-0.39, 0.29) is 18.1 Å². The number of amides is 1. The highest BCUT2D eigenvalue weighted by atomic mass is 16.5. The van der Waals surface area contributed by atoms with Gasteiger partial charge in [-0.15, -0.1) is 5.10 Å². The van der Waals surface area contributed by atoms with E-state index in [0.29, 0.717) is 18.8 Å². The van der Waals surface area contributed by atoms with E-state index in [1.54, 1.807) is 6.20 Å². The van der Waals surface area contributed by atoms with E-state index in [2.05, 4.69) is 42.6 Å². The van der Waals surface area contributed by atoms with Crippen molar-refractivity contribution in [1.82, 2.24) is 35.2 Å².